The first-order valence-electron chi connectivity index (χ1n) is 7.35. The number of carbonyl (C=O) groups excluding carboxylic acids is 1. The quantitative estimate of drug-likeness (QED) is 0.833. The van der Waals surface area contributed by atoms with E-state index in [-0.39, 0.29) is 43.8 Å². The average Bonchev–Trinajstić information content (AvgIpc) is 2.90. The summed E-state index contributed by atoms with van der Waals surface area (Å²) in [5.74, 6) is -0.877. The highest BCUT2D eigenvalue weighted by Crippen LogP contribution is 2.30. The van der Waals surface area contributed by atoms with Gasteiger partial charge in [0.15, 0.2) is 5.82 Å². The van der Waals surface area contributed by atoms with Crippen molar-refractivity contribution in [1.82, 2.24) is 25.0 Å². The molecule has 0 aliphatic carbocycles. The van der Waals surface area contributed by atoms with Gasteiger partial charge in [-0.2, -0.15) is 13.2 Å². The van der Waals surface area contributed by atoms with E-state index in [9.17, 15) is 18.0 Å². The number of hydrogen-bond acceptors (Lipinski definition) is 4. The van der Waals surface area contributed by atoms with Gasteiger partial charge in [-0.1, -0.05) is 0 Å². The number of carbonyl (C=O) groups is 1. The van der Waals surface area contributed by atoms with Crippen LogP contribution in [0.5, 0.6) is 0 Å². The van der Waals surface area contributed by atoms with Crippen LogP contribution in [0.2, 0.25) is 0 Å². The minimum absolute atomic E-state index is 0. The van der Waals surface area contributed by atoms with Gasteiger partial charge in [-0.3, -0.25) is 4.79 Å². The van der Waals surface area contributed by atoms with Crippen LogP contribution in [-0.4, -0.2) is 44.2 Å². The molecule has 1 aromatic heterocycles. The Kier molecular flexibility index (Phi) is 4.91. The predicted octanol–water partition coefficient (Wildman–Crippen LogP) is 1.59. The molecule has 1 fully saturated rings. The highest BCUT2D eigenvalue weighted by atomic mass is 35.5. The third kappa shape index (κ3) is 3.30. The number of hydrogen-bond donors (Lipinski definition) is 1. The highest BCUT2D eigenvalue weighted by molar-refractivity contribution is 5.86. The normalized spacial score (nSPS) is 24.8. The Hall–Kier alpha value is -1.35. The Balaban J connectivity index is 0.00000192. The fourth-order valence-corrected chi connectivity index (χ4v) is 3.13. The van der Waals surface area contributed by atoms with Gasteiger partial charge in [0.2, 0.25) is 11.7 Å². The molecule has 1 amide bonds. The number of halogens is 4. The lowest BCUT2D eigenvalue weighted by Crippen LogP contribution is -2.59. The lowest BCUT2D eigenvalue weighted by atomic mass is 9.89. The summed E-state index contributed by atoms with van der Waals surface area (Å²) in [5, 5.41) is 10.1. The second-order valence-electron chi connectivity index (χ2n) is 6.03. The molecule has 1 unspecified atom stereocenters. The summed E-state index contributed by atoms with van der Waals surface area (Å²) in [7, 11) is 0. The molecule has 6 nitrogen and oxygen atoms in total. The van der Waals surface area contributed by atoms with E-state index in [0.717, 1.165) is 30.4 Å². The van der Waals surface area contributed by atoms with Gasteiger partial charge in [0.1, 0.15) is 0 Å². The predicted molar refractivity (Wildman–Crippen MR) is 77.9 cm³/mol. The van der Waals surface area contributed by atoms with E-state index in [1.165, 1.54) is 0 Å². The number of fused-ring (bicyclic) bond motifs is 1. The highest BCUT2D eigenvalue weighted by Gasteiger charge is 2.42. The summed E-state index contributed by atoms with van der Waals surface area (Å²) in [5.41, 5.74) is -0.632. The minimum Gasteiger partial charge on any atom is -0.332 e. The van der Waals surface area contributed by atoms with Crippen LogP contribution in [0.15, 0.2) is 0 Å². The zero-order valence-corrected chi connectivity index (χ0v) is 13.5. The standard InChI is InChI=1S/C13H18F3N5O.ClH/c1-12(4-2-3-5-17-12)11(22)20-6-7-21-9(8-20)18-19-10(21)13(14,15)16;/h17H,2-8H2,1H3;1H. The first-order valence-corrected chi connectivity index (χ1v) is 7.35. The largest absolute Gasteiger partial charge is 0.451 e. The van der Waals surface area contributed by atoms with E-state index >= 15 is 0 Å². The summed E-state index contributed by atoms with van der Waals surface area (Å²) in [4.78, 5) is 14.2. The Bertz CT molecular complexity index is 583. The Morgan fingerprint density at radius 2 is 2.00 bits per heavy atom. The lowest BCUT2D eigenvalue weighted by molar-refractivity contribution is -0.148. The molecular formula is C13H19ClF3N5O. The lowest BCUT2D eigenvalue weighted by Gasteiger charge is -2.39. The van der Waals surface area contributed by atoms with Gasteiger partial charge >= 0.3 is 6.18 Å². The first-order chi connectivity index (χ1) is 10.3. The third-order valence-corrected chi connectivity index (χ3v) is 4.38. The van der Waals surface area contributed by atoms with Crippen LogP contribution in [0.25, 0.3) is 0 Å². The van der Waals surface area contributed by atoms with Crippen molar-refractivity contribution >= 4 is 18.3 Å². The SMILES string of the molecule is CC1(C(=O)N2CCn3c(nnc3C(F)(F)F)C2)CCCCN1.Cl. The molecule has 130 valence electrons. The molecule has 0 saturated carbocycles. The van der Waals surface area contributed by atoms with Crippen molar-refractivity contribution in [2.24, 2.45) is 0 Å². The van der Waals surface area contributed by atoms with Crippen molar-refractivity contribution in [3.05, 3.63) is 11.6 Å². The molecule has 3 rings (SSSR count). The second-order valence-corrected chi connectivity index (χ2v) is 6.03. The van der Waals surface area contributed by atoms with E-state index in [0.29, 0.717) is 0 Å². The number of amides is 1. The molecule has 1 saturated heterocycles. The van der Waals surface area contributed by atoms with E-state index < -0.39 is 17.5 Å². The van der Waals surface area contributed by atoms with Crippen LogP contribution in [0.4, 0.5) is 13.2 Å². The molecule has 0 aromatic carbocycles. The summed E-state index contributed by atoms with van der Waals surface area (Å²) in [6, 6.07) is 0. The first kappa shape index (κ1) is 18.0. The Morgan fingerprint density at radius 3 is 2.61 bits per heavy atom. The summed E-state index contributed by atoms with van der Waals surface area (Å²) in [6.07, 6.45) is -1.78. The van der Waals surface area contributed by atoms with Gasteiger partial charge in [0.25, 0.3) is 0 Å². The topological polar surface area (TPSA) is 63.1 Å². The maximum Gasteiger partial charge on any atom is 0.451 e. The zero-order chi connectivity index (χ0) is 16.0. The maximum absolute atomic E-state index is 12.8. The van der Waals surface area contributed by atoms with E-state index in [1.54, 1.807) is 4.90 Å². The maximum atomic E-state index is 12.8. The molecule has 2 aliphatic heterocycles. The van der Waals surface area contributed by atoms with Gasteiger partial charge in [0.05, 0.1) is 12.1 Å². The van der Waals surface area contributed by atoms with Crippen molar-refractivity contribution in [3.63, 3.8) is 0 Å². The molecule has 3 heterocycles. The summed E-state index contributed by atoms with van der Waals surface area (Å²) >= 11 is 0. The number of aromatic nitrogens is 3. The van der Waals surface area contributed by atoms with Gasteiger partial charge in [-0.05, 0) is 32.7 Å². The molecule has 1 N–H and O–H groups in total. The number of alkyl halides is 3. The fraction of sp³-hybridized carbons (Fsp3) is 0.769. The van der Waals surface area contributed by atoms with Gasteiger partial charge < -0.3 is 14.8 Å². The van der Waals surface area contributed by atoms with Crippen molar-refractivity contribution in [1.29, 1.82) is 0 Å². The van der Waals surface area contributed by atoms with Crippen LogP contribution >= 0.6 is 12.4 Å². The Labute approximate surface area is 137 Å². The fourth-order valence-electron chi connectivity index (χ4n) is 3.13. The summed E-state index contributed by atoms with van der Waals surface area (Å²) in [6.45, 7) is 3.02. The smallest absolute Gasteiger partial charge is 0.332 e. The molecule has 23 heavy (non-hydrogen) atoms. The Morgan fingerprint density at radius 1 is 1.26 bits per heavy atom. The van der Waals surface area contributed by atoms with E-state index in [4.69, 9.17) is 0 Å². The van der Waals surface area contributed by atoms with Gasteiger partial charge in [-0.15, -0.1) is 22.6 Å². The van der Waals surface area contributed by atoms with Crippen molar-refractivity contribution in [2.45, 2.75) is 51.0 Å². The average molecular weight is 354 g/mol. The molecule has 0 spiro atoms. The number of rotatable bonds is 1. The monoisotopic (exact) mass is 353 g/mol. The molecule has 0 bridgehead atoms. The molecule has 0 radical (unpaired) electrons. The van der Waals surface area contributed by atoms with Crippen LogP contribution in [0, 0.1) is 0 Å². The van der Waals surface area contributed by atoms with Gasteiger partial charge in [0, 0.05) is 13.1 Å². The minimum atomic E-state index is -4.52. The van der Waals surface area contributed by atoms with Crippen LogP contribution < -0.4 is 5.32 Å². The van der Waals surface area contributed by atoms with Crippen molar-refractivity contribution in [2.75, 3.05) is 13.1 Å². The molecule has 2 aliphatic rings. The molecular weight excluding hydrogens is 335 g/mol. The molecule has 1 atom stereocenters. The molecule has 1 aromatic rings. The summed E-state index contributed by atoms with van der Waals surface area (Å²) < 4.78 is 39.5. The van der Waals surface area contributed by atoms with E-state index in [2.05, 4.69) is 15.5 Å². The van der Waals surface area contributed by atoms with Gasteiger partial charge in [-0.25, -0.2) is 0 Å². The molecule has 10 heteroatoms. The van der Waals surface area contributed by atoms with Crippen LogP contribution in [-0.2, 0) is 24.1 Å². The van der Waals surface area contributed by atoms with Crippen molar-refractivity contribution < 1.29 is 18.0 Å². The number of nitrogens with zero attached hydrogens (tertiary/aromatic N) is 4. The van der Waals surface area contributed by atoms with Crippen LogP contribution in [0.1, 0.15) is 37.8 Å². The second kappa shape index (κ2) is 6.27. The third-order valence-electron chi connectivity index (χ3n) is 4.38. The zero-order valence-electron chi connectivity index (χ0n) is 12.7. The number of nitrogens with one attached hydrogen (secondary N) is 1. The van der Waals surface area contributed by atoms with E-state index in [1.807, 2.05) is 6.92 Å². The van der Waals surface area contributed by atoms with Crippen LogP contribution in [0.3, 0.4) is 0 Å². The van der Waals surface area contributed by atoms with Crippen molar-refractivity contribution in [3.8, 4) is 0 Å². The number of piperidine rings is 1.